The minimum atomic E-state index is -1.90. The highest BCUT2D eigenvalue weighted by Gasteiger charge is 2.21. The molecule has 66 valence electrons. The molecule has 1 fully saturated rings. The van der Waals surface area contributed by atoms with Gasteiger partial charge in [-0.15, -0.1) is 0 Å². The van der Waals surface area contributed by atoms with Crippen LogP contribution in [0.4, 0.5) is 0 Å². The Hall–Kier alpha value is -0.0200. The molecule has 0 spiro atoms. The van der Waals surface area contributed by atoms with Crippen molar-refractivity contribution in [2.24, 2.45) is 11.8 Å². The van der Waals surface area contributed by atoms with Gasteiger partial charge in [0.05, 0.1) is 0 Å². The van der Waals surface area contributed by atoms with Crippen LogP contribution in [0.3, 0.4) is 0 Å². The molecule has 0 aromatic carbocycles. The van der Waals surface area contributed by atoms with Gasteiger partial charge in [-0.1, -0.05) is 13.8 Å². The maximum absolute atomic E-state index is 11.4. The number of hydrogen-bond acceptors (Lipinski definition) is 1. The molecule has 0 aliphatic carbocycles. The molecule has 0 aromatic heterocycles. The molecular weight excluding hydrogens is 158 g/mol. The molecule has 2 unspecified atom stereocenters. The average Bonchev–Trinajstić information content (AvgIpc) is 1.86. The first-order chi connectivity index (χ1) is 5.01. The molecule has 3 heteroatoms. The highest BCUT2D eigenvalue weighted by Crippen LogP contribution is 2.18. The fraction of sp³-hybridized carbons (Fsp3) is 0.875. The quantitative estimate of drug-likeness (QED) is 0.589. The second-order valence-corrected chi connectivity index (χ2v) is 5.98. The molecule has 1 heterocycles. The first kappa shape index (κ1) is 9.07. The summed E-state index contributed by atoms with van der Waals surface area (Å²) in [6, 6.07) is 0. The van der Waals surface area contributed by atoms with Crippen molar-refractivity contribution in [1.29, 1.82) is 0 Å². The van der Waals surface area contributed by atoms with Gasteiger partial charge in [0.25, 0.3) is 0 Å². The molecule has 0 saturated carbocycles. The maximum Gasteiger partial charge on any atom is 0.0292 e. The Morgan fingerprint density at radius 2 is 2.27 bits per heavy atom. The molecule has 0 amide bonds. The third kappa shape index (κ3) is 2.49. The van der Waals surface area contributed by atoms with E-state index in [1.807, 2.05) is 0 Å². The van der Waals surface area contributed by atoms with E-state index in [9.17, 15) is 4.21 Å². The summed E-state index contributed by atoms with van der Waals surface area (Å²) in [6.45, 7) is 5.30. The lowest BCUT2D eigenvalue weighted by Gasteiger charge is -2.28. The first-order valence-corrected chi connectivity index (χ1v) is 6.00. The lowest BCUT2D eigenvalue weighted by atomic mass is 9.93. The second kappa shape index (κ2) is 3.15. The molecule has 1 rings (SSSR count). The molecule has 1 aliphatic rings. The zero-order valence-electron chi connectivity index (χ0n) is 7.30. The van der Waals surface area contributed by atoms with Gasteiger partial charge in [0.1, 0.15) is 0 Å². The zero-order valence-corrected chi connectivity index (χ0v) is 8.12. The van der Waals surface area contributed by atoms with Crippen LogP contribution in [-0.2, 0) is 9.71 Å². The van der Waals surface area contributed by atoms with E-state index in [4.69, 9.17) is 0 Å². The Bertz CT molecular complexity index is 204. The first-order valence-electron chi connectivity index (χ1n) is 4.11. The number of rotatable bonds is 1. The smallest absolute Gasteiger partial charge is 0.0292 e. The Morgan fingerprint density at radius 1 is 1.64 bits per heavy atom. The van der Waals surface area contributed by atoms with Crippen LogP contribution in [0.25, 0.3) is 0 Å². The van der Waals surface area contributed by atoms with Gasteiger partial charge in [-0.3, -0.25) is 4.21 Å². The van der Waals surface area contributed by atoms with Gasteiger partial charge in [0.2, 0.25) is 0 Å². The van der Waals surface area contributed by atoms with E-state index in [0.29, 0.717) is 11.8 Å². The van der Waals surface area contributed by atoms with Crippen LogP contribution in [-0.4, -0.2) is 22.4 Å². The summed E-state index contributed by atoms with van der Waals surface area (Å²) in [5.41, 5.74) is 0. The molecule has 1 N–H and O–H groups in total. The molecule has 0 radical (unpaired) electrons. The van der Waals surface area contributed by atoms with Crippen molar-refractivity contribution in [3.05, 3.63) is 0 Å². The van der Waals surface area contributed by atoms with Gasteiger partial charge in [-0.25, -0.2) is 4.72 Å². The van der Waals surface area contributed by atoms with E-state index in [1.165, 1.54) is 0 Å². The zero-order chi connectivity index (χ0) is 8.48. The fourth-order valence-electron chi connectivity index (χ4n) is 1.34. The highest BCUT2D eigenvalue weighted by atomic mass is 32.2. The summed E-state index contributed by atoms with van der Waals surface area (Å²) in [6.07, 6.45) is 1.06. The van der Waals surface area contributed by atoms with E-state index in [2.05, 4.69) is 24.4 Å². The highest BCUT2D eigenvalue weighted by molar-refractivity contribution is 7.98. The van der Waals surface area contributed by atoms with Crippen molar-refractivity contribution in [1.82, 2.24) is 4.72 Å². The van der Waals surface area contributed by atoms with Gasteiger partial charge in [0, 0.05) is 22.0 Å². The van der Waals surface area contributed by atoms with Crippen molar-refractivity contribution in [2.75, 3.05) is 12.3 Å². The predicted octanol–water partition coefficient (Wildman–Crippen LogP) is 0.883. The average molecular weight is 175 g/mol. The summed E-state index contributed by atoms with van der Waals surface area (Å²) in [7, 11) is -1.90. The summed E-state index contributed by atoms with van der Waals surface area (Å²) in [5, 5.41) is 0. The molecule has 2 nitrogen and oxygen atoms in total. The molecule has 0 aromatic rings. The van der Waals surface area contributed by atoms with E-state index >= 15 is 0 Å². The predicted molar refractivity (Wildman–Crippen MR) is 51.1 cm³/mol. The topological polar surface area (TPSA) is 29.1 Å². The third-order valence-corrected chi connectivity index (χ3v) is 3.96. The molecule has 1 aliphatic heterocycles. The van der Waals surface area contributed by atoms with E-state index in [1.54, 1.807) is 0 Å². The van der Waals surface area contributed by atoms with Crippen molar-refractivity contribution >= 4 is 15.6 Å². The van der Waals surface area contributed by atoms with Crippen LogP contribution in [0.5, 0.6) is 0 Å². The van der Waals surface area contributed by atoms with Gasteiger partial charge in [-0.2, -0.15) is 0 Å². The SMILES string of the molecule is C=S1(=O)CCC(C(C)C)CN1. The Labute approximate surface area is 69.5 Å². The van der Waals surface area contributed by atoms with E-state index in [0.717, 1.165) is 18.7 Å². The second-order valence-electron chi connectivity index (χ2n) is 3.66. The van der Waals surface area contributed by atoms with Crippen LogP contribution < -0.4 is 4.72 Å². The molecule has 1 saturated heterocycles. The Kier molecular flexibility index (Phi) is 2.60. The van der Waals surface area contributed by atoms with Gasteiger partial charge in [0.15, 0.2) is 0 Å². The monoisotopic (exact) mass is 175 g/mol. The lowest BCUT2D eigenvalue weighted by molar-refractivity contribution is 0.364. The molecule has 11 heavy (non-hydrogen) atoms. The lowest BCUT2D eigenvalue weighted by Crippen LogP contribution is -2.39. The fourth-order valence-corrected chi connectivity index (χ4v) is 2.69. The Morgan fingerprint density at radius 3 is 2.64 bits per heavy atom. The van der Waals surface area contributed by atoms with Crippen molar-refractivity contribution in [2.45, 2.75) is 20.3 Å². The Balaban J connectivity index is 2.49. The van der Waals surface area contributed by atoms with Gasteiger partial charge >= 0.3 is 0 Å². The van der Waals surface area contributed by atoms with Crippen molar-refractivity contribution < 1.29 is 4.21 Å². The van der Waals surface area contributed by atoms with Crippen molar-refractivity contribution in [3.63, 3.8) is 0 Å². The molecule has 0 bridgehead atoms. The van der Waals surface area contributed by atoms with Gasteiger partial charge in [-0.05, 0) is 24.1 Å². The van der Waals surface area contributed by atoms with Crippen LogP contribution in [0.1, 0.15) is 20.3 Å². The standard InChI is InChI=1S/C8H17NOS/c1-7(2)8-4-5-11(3,10)9-6-8/h7-8H,3-6H2,1-2H3,(H,9,10). The van der Waals surface area contributed by atoms with E-state index in [-0.39, 0.29) is 0 Å². The number of nitrogens with one attached hydrogen (secondary N) is 1. The van der Waals surface area contributed by atoms with Gasteiger partial charge < -0.3 is 0 Å². The summed E-state index contributed by atoms with van der Waals surface area (Å²) in [4.78, 5) is 0. The third-order valence-electron chi connectivity index (χ3n) is 2.37. The van der Waals surface area contributed by atoms with Crippen LogP contribution in [0.2, 0.25) is 0 Å². The minimum absolute atomic E-state index is 0.686. The molecule has 2 atom stereocenters. The normalized spacial score (nSPS) is 39.4. The molecular formula is C8H17NOS. The van der Waals surface area contributed by atoms with Crippen LogP contribution >= 0.6 is 0 Å². The van der Waals surface area contributed by atoms with Crippen LogP contribution in [0.15, 0.2) is 0 Å². The minimum Gasteiger partial charge on any atom is -0.253 e. The maximum atomic E-state index is 11.4. The van der Waals surface area contributed by atoms with E-state index < -0.39 is 9.71 Å². The largest absolute Gasteiger partial charge is 0.253 e. The van der Waals surface area contributed by atoms with Crippen LogP contribution in [0, 0.1) is 11.8 Å². The summed E-state index contributed by atoms with van der Waals surface area (Å²) < 4.78 is 14.4. The number of hydrogen-bond donors (Lipinski definition) is 1. The summed E-state index contributed by atoms with van der Waals surface area (Å²) >= 11 is 0. The summed E-state index contributed by atoms with van der Waals surface area (Å²) in [5.74, 6) is 5.76. The van der Waals surface area contributed by atoms with Crippen molar-refractivity contribution in [3.8, 4) is 0 Å².